The number of hydrogen-bond donors (Lipinski definition) is 2. The van der Waals surface area contributed by atoms with Crippen LogP contribution in [0, 0.1) is 5.92 Å². The molecule has 3 aromatic rings. The molecule has 0 saturated heterocycles. The van der Waals surface area contributed by atoms with Crippen molar-refractivity contribution in [3.05, 3.63) is 66.4 Å². The fourth-order valence-corrected chi connectivity index (χ4v) is 3.50. The molecule has 186 valence electrons. The average Bonchev–Trinajstić information content (AvgIpc) is 3.23. The van der Waals surface area contributed by atoms with Crippen molar-refractivity contribution in [1.82, 2.24) is 14.7 Å². The van der Waals surface area contributed by atoms with Crippen LogP contribution in [0.3, 0.4) is 0 Å². The minimum absolute atomic E-state index is 0.0923. The van der Waals surface area contributed by atoms with Crippen LogP contribution in [0.1, 0.15) is 40.3 Å². The molecule has 0 aliphatic rings. The summed E-state index contributed by atoms with van der Waals surface area (Å²) in [5.74, 6) is 1.15. The van der Waals surface area contributed by atoms with E-state index in [9.17, 15) is 9.59 Å². The van der Waals surface area contributed by atoms with Gasteiger partial charge in [-0.25, -0.2) is 9.48 Å². The number of para-hydroxylation sites is 1. The molecule has 3 rings (SSSR count). The number of carbonyl (C=O) groups is 2. The molecule has 0 fully saturated rings. The molecule has 3 amide bonds. The van der Waals surface area contributed by atoms with E-state index >= 15 is 0 Å². The summed E-state index contributed by atoms with van der Waals surface area (Å²) in [6.07, 6.45) is 0. The maximum absolute atomic E-state index is 13.1. The van der Waals surface area contributed by atoms with Crippen LogP contribution >= 0.6 is 0 Å². The molecule has 8 nitrogen and oxygen atoms in total. The number of hydrogen-bond acceptors (Lipinski definition) is 4. The quantitative estimate of drug-likeness (QED) is 0.460. The lowest BCUT2D eigenvalue weighted by Crippen LogP contribution is -2.42. The fourth-order valence-electron chi connectivity index (χ4n) is 3.50. The molecule has 2 aromatic carbocycles. The number of anilines is 2. The summed E-state index contributed by atoms with van der Waals surface area (Å²) in [6, 6.07) is 18.3. The Hall–Kier alpha value is -3.81. The molecule has 0 atom stereocenters. The molecule has 0 saturated carbocycles. The van der Waals surface area contributed by atoms with E-state index in [0.717, 1.165) is 11.4 Å². The minimum Gasteiger partial charge on any atom is -0.497 e. The number of carbonyl (C=O) groups excluding carboxylic acids is 2. The van der Waals surface area contributed by atoms with Crippen LogP contribution in [0.25, 0.3) is 5.69 Å². The molecule has 1 heterocycles. The smallest absolute Gasteiger partial charge is 0.322 e. The van der Waals surface area contributed by atoms with Crippen molar-refractivity contribution in [1.29, 1.82) is 0 Å². The second-order valence-electron chi connectivity index (χ2n) is 9.89. The van der Waals surface area contributed by atoms with Gasteiger partial charge >= 0.3 is 6.03 Å². The predicted molar refractivity (Wildman–Crippen MR) is 139 cm³/mol. The van der Waals surface area contributed by atoms with Crippen LogP contribution in [0.15, 0.2) is 60.7 Å². The van der Waals surface area contributed by atoms with E-state index in [1.54, 1.807) is 36.1 Å². The zero-order chi connectivity index (χ0) is 25.6. The van der Waals surface area contributed by atoms with E-state index in [1.807, 2.05) is 50.2 Å². The first-order chi connectivity index (χ1) is 16.6. The van der Waals surface area contributed by atoms with E-state index in [2.05, 4.69) is 31.4 Å². The molecule has 0 radical (unpaired) electrons. The zero-order valence-corrected chi connectivity index (χ0v) is 21.3. The second-order valence-corrected chi connectivity index (χ2v) is 9.89. The number of benzene rings is 2. The lowest BCUT2D eigenvalue weighted by Gasteiger charge is -2.24. The molecular formula is C27H35N5O3. The molecule has 8 heteroatoms. The number of amides is 3. The maximum atomic E-state index is 13.1. The molecule has 0 bridgehead atoms. The van der Waals surface area contributed by atoms with Crippen molar-refractivity contribution < 1.29 is 14.3 Å². The minimum atomic E-state index is -0.342. The number of urea groups is 1. The van der Waals surface area contributed by atoms with Gasteiger partial charge in [0, 0.05) is 23.7 Å². The summed E-state index contributed by atoms with van der Waals surface area (Å²) in [5, 5.41) is 10.6. The fraction of sp³-hybridized carbons (Fsp3) is 0.370. The highest BCUT2D eigenvalue weighted by Gasteiger charge is 2.23. The Balaban J connectivity index is 1.78. The normalized spacial score (nSPS) is 11.3. The highest BCUT2D eigenvalue weighted by molar-refractivity contribution is 5.96. The molecule has 0 unspecified atom stereocenters. The first-order valence-corrected chi connectivity index (χ1v) is 11.7. The molecule has 0 aliphatic carbocycles. The number of ether oxygens (including phenoxy) is 1. The second kappa shape index (κ2) is 11.1. The number of aromatic nitrogens is 2. The maximum Gasteiger partial charge on any atom is 0.322 e. The third-order valence-electron chi connectivity index (χ3n) is 5.29. The molecule has 35 heavy (non-hydrogen) atoms. The Morgan fingerprint density at radius 3 is 2.26 bits per heavy atom. The van der Waals surface area contributed by atoms with E-state index in [1.165, 1.54) is 4.90 Å². The van der Waals surface area contributed by atoms with Gasteiger partial charge in [-0.2, -0.15) is 5.10 Å². The summed E-state index contributed by atoms with van der Waals surface area (Å²) in [7, 11) is 1.59. The van der Waals surface area contributed by atoms with Gasteiger partial charge in [-0.3, -0.25) is 4.79 Å². The van der Waals surface area contributed by atoms with Crippen molar-refractivity contribution in [2.75, 3.05) is 30.8 Å². The lowest BCUT2D eigenvalue weighted by molar-refractivity contribution is -0.116. The van der Waals surface area contributed by atoms with Crippen molar-refractivity contribution in [3.63, 3.8) is 0 Å². The van der Waals surface area contributed by atoms with Gasteiger partial charge in [-0.05, 0) is 42.3 Å². The molecular weight excluding hydrogens is 442 g/mol. The Morgan fingerprint density at radius 1 is 1.03 bits per heavy atom. The monoisotopic (exact) mass is 477 g/mol. The van der Waals surface area contributed by atoms with Crippen molar-refractivity contribution >= 4 is 23.4 Å². The average molecular weight is 478 g/mol. The number of nitrogens with zero attached hydrogens (tertiary/aromatic N) is 3. The van der Waals surface area contributed by atoms with E-state index in [-0.39, 0.29) is 29.8 Å². The van der Waals surface area contributed by atoms with Gasteiger partial charge in [0.05, 0.1) is 18.5 Å². The van der Waals surface area contributed by atoms with Crippen LogP contribution < -0.4 is 15.4 Å². The van der Waals surface area contributed by atoms with Crippen molar-refractivity contribution in [2.24, 2.45) is 5.92 Å². The number of rotatable bonds is 8. The van der Waals surface area contributed by atoms with E-state index in [0.29, 0.717) is 23.8 Å². The summed E-state index contributed by atoms with van der Waals surface area (Å²) in [4.78, 5) is 27.6. The topological polar surface area (TPSA) is 88.5 Å². The predicted octanol–water partition coefficient (Wildman–Crippen LogP) is 5.31. The molecule has 1 aromatic heterocycles. The zero-order valence-electron chi connectivity index (χ0n) is 21.3. The van der Waals surface area contributed by atoms with Crippen molar-refractivity contribution in [2.45, 2.75) is 40.0 Å². The van der Waals surface area contributed by atoms with Gasteiger partial charge in [0.15, 0.2) is 0 Å². The number of methoxy groups -OCH3 is 1. The summed E-state index contributed by atoms with van der Waals surface area (Å²) >= 11 is 0. The molecule has 0 aliphatic heterocycles. The van der Waals surface area contributed by atoms with Gasteiger partial charge in [-0.1, -0.05) is 52.8 Å². The van der Waals surface area contributed by atoms with Crippen LogP contribution in [0.5, 0.6) is 5.75 Å². The first kappa shape index (κ1) is 25.8. The third kappa shape index (κ3) is 7.09. The van der Waals surface area contributed by atoms with Gasteiger partial charge < -0.3 is 20.3 Å². The first-order valence-electron chi connectivity index (χ1n) is 11.7. The van der Waals surface area contributed by atoms with E-state index in [4.69, 9.17) is 9.84 Å². The Morgan fingerprint density at radius 2 is 1.69 bits per heavy atom. The van der Waals surface area contributed by atoms with Crippen LogP contribution in [-0.4, -0.2) is 46.8 Å². The van der Waals surface area contributed by atoms with Gasteiger partial charge in [-0.15, -0.1) is 0 Å². The van der Waals surface area contributed by atoms with Gasteiger partial charge in [0.25, 0.3) is 0 Å². The van der Waals surface area contributed by atoms with Crippen LogP contribution in [0.4, 0.5) is 16.3 Å². The Labute approximate surface area is 207 Å². The van der Waals surface area contributed by atoms with Crippen molar-refractivity contribution in [3.8, 4) is 11.4 Å². The highest BCUT2D eigenvalue weighted by atomic mass is 16.5. The summed E-state index contributed by atoms with van der Waals surface area (Å²) < 4.78 is 6.89. The standard InChI is InChI=1S/C27H35N5O3/c1-19(2)17-31(26(34)28-20-12-14-22(35-6)15-13-20)18-25(33)29-24-16-23(27(3,4)5)30-32(24)21-10-8-7-9-11-21/h7-16,19H,17-18H2,1-6H3,(H,28,34)(H,29,33). The van der Waals surface area contributed by atoms with E-state index < -0.39 is 0 Å². The van der Waals surface area contributed by atoms with Crippen LogP contribution in [-0.2, 0) is 10.2 Å². The van der Waals surface area contributed by atoms with Gasteiger partial charge in [0.2, 0.25) is 5.91 Å². The Bertz CT molecular complexity index is 1130. The van der Waals surface area contributed by atoms with Gasteiger partial charge in [0.1, 0.15) is 18.1 Å². The highest BCUT2D eigenvalue weighted by Crippen LogP contribution is 2.26. The molecule has 0 spiro atoms. The largest absolute Gasteiger partial charge is 0.497 e. The number of nitrogens with one attached hydrogen (secondary N) is 2. The molecule has 2 N–H and O–H groups in total. The third-order valence-corrected chi connectivity index (χ3v) is 5.29. The SMILES string of the molecule is COc1ccc(NC(=O)N(CC(=O)Nc2cc(C(C)(C)C)nn2-c2ccccc2)CC(C)C)cc1. The summed E-state index contributed by atoms with van der Waals surface area (Å²) in [6.45, 7) is 10.6. The lowest BCUT2D eigenvalue weighted by atomic mass is 9.92. The summed E-state index contributed by atoms with van der Waals surface area (Å²) in [5.41, 5.74) is 2.13. The Kier molecular flexibility index (Phi) is 8.17. The van der Waals surface area contributed by atoms with Crippen LogP contribution in [0.2, 0.25) is 0 Å².